The summed E-state index contributed by atoms with van der Waals surface area (Å²) in [7, 11) is 0. The molecule has 0 aliphatic rings. The Morgan fingerprint density at radius 2 is 1.70 bits per heavy atom. The van der Waals surface area contributed by atoms with E-state index in [0.717, 1.165) is 16.2 Å². The third-order valence-corrected chi connectivity index (χ3v) is 3.46. The number of carbonyl (C=O) groups excluding carboxylic acids is 1. The molecule has 3 rings (SSSR count). The molecule has 0 heterocycles. The number of carbonyl (C=O) groups is 1. The van der Waals surface area contributed by atoms with Gasteiger partial charge in [0.1, 0.15) is 0 Å². The number of rotatable bonds is 2. The molecule has 0 atom stereocenters. The lowest BCUT2D eigenvalue weighted by molar-refractivity contribution is 0.0952. The molecule has 0 saturated carbocycles. The number of nitrogens with one attached hydrogen (secondary N) is 1. The lowest BCUT2D eigenvalue weighted by Crippen LogP contribution is -2.22. The number of benzene rings is 3. The van der Waals surface area contributed by atoms with Crippen LogP contribution in [0.3, 0.4) is 0 Å². The van der Waals surface area contributed by atoms with E-state index in [2.05, 4.69) is 5.32 Å². The van der Waals surface area contributed by atoms with Crippen molar-refractivity contribution < 1.29 is 9.90 Å². The lowest BCUT2D eigenvalue weighted by atomic mass is 9.99. The second-order valence-corrected chi connectivity index (χ2v) is 4.68. The van der Waals surface area contributed by atoms with Gasteiger partial charge in [0.15, 0.2) is 5.75 Å². The van der Waals surface area contributed by atoms with Crippen molar-refractivity contribution in [2.75, 3.05) is 6.54 Å². The maximum absolute atomic E-state index is 12.4. The van der Waals surface area contributed by atoms with E-state index < -0.39 is 0 Å². The SMILES string of the molecule is CCNC(=O)c1ccc2c(ccc3ccccc32)c1[O]. The van der Waals surface area contributed by atoms with Crippen LogP contribution in [0.5, 0.6) is 5.75 Å². The maximum Gasteiger partial charge on any atom is 0.255 e. The highest BCUT2D eigenvalue weighted by atomic mass is 16.3. The first-order valence-electron chi connectivity index (χ1n) is 6.62. The van der Waals surface area contributed by atoms with E-state index >= 15 is 0 Å². The molecule has 3 aromatic rings. The Morgan fingerprint density at radius 3 is 2.50 bits per heavy atom. The maximum atomic E-state index is 12.4. The summed E-state index contributed by atoms with van der Waals surface area (Å²) in [5.41, 5.74) is 0.203. The number of hydrogen-bond acceptors (Lipinski definition) is 1. The second-order valence-electron chi connectivity index (χ2n) is 4.68. The predicted molar refractivity (Wildman–Crippen MR) is 79.6 cm³/mol. The molecule has 3 nitrogen and oxygen atoms in total. The zero-order chi connectivity index (χ0) is 14.1. The van der Waals surface area contributed by atoms with Gasteiger partial charge in [-0.1, -0.05) is 36.4 Å². The van der Waals surface area contributed by atoms with Crippen molar-refractivity contribution in [1.82, 2.24) is 5.32 Å². The van der Waals surface area contributed by atoms with Crippen LogP contribution in [0.1, 0.15) is 17.3 Å². The molecule has 1 N–H and O–H groups in total. The summed E-state index contributed by atoms with van der Waals surface area (Å²) in [6.45, 7) is 2.34. The van der Waals surface area contributed by atoms with Gasteiger partial charge in [0.2, 0.25) is 0 Å². The summed E-state index contributed by atoms with van der Waals surface area (Å²) in [6, 6.07) is 15.1. The van der Waals surface area contributed by atoms with Gasteiger partial charge < -0.3 is 5.32 Å². The number of hydrogen-bond donors (Lipinski definition) is 1. The molecule has 1 radical (unpaired) electrons. The second kappa shape index (κ2) is 4.85. The Bertz CT molecular complexity index is 809. The topological polar surface area (TPSA) is 49.0 Å². The summed E-state index contributed by atoms with van der Waals surface area (Å²) in [6.07, 6.45) is 0. The molecule has 0 aromatic heterocycles. The minimum absolute atomic E-state index is 0.203. The number of fused-ring (bicyclic) bond motifs is 3. The van der Waals surface area contributed by atoms with Crippen LogP contribution in [0.4, 0.5) is 0 Å². The fraction of sp³-hybridized carbons (Fsp3) is 0.118. The lowest BCUT2D eigenvalue weighted by Gasteiger charge is -2.08. The molecule has 0 aliphatic carbocycles. The Morgan fingerprint density at radius 1 is 0.950 bits per heavy atom. The first-order chi connectivity index (χ1) is 9.72. The molecule has 3 aromatic carbocycles. The van der Waals surface area contributed by atoms with Gasteiger partial charge in [-0.2, -0.15) is 0 Å². The largest absolute Gasteiger partial charge is 0.352 e. The van der Waals surface area contributed by atoms with E-state index in [1.165, 1.54) is 0 Å². The van der Waals surface area contributed by atoms with Gasteiger partial charge in [-0.25, -0.2) is 0 Å². The van der Waals surface area contributed by atoms with Gasteiger partial charge in [-0.15, -0.1) is 0 Å². The third kappa shape index (κ3) is 1.88. The Labute approximate surface area is 116 Å². The molecule has 0 fully saturated rings. The fourth-order valence-corrected chi connectivity index (χ4v) is 2.50. The van der Waals surface area contributed by atoms with Gasteiger partial charge in [-0.3, -0.25) is 9.90 Å². The summed E-state index contributed by atoms with van der Waals surface area (Å²) >= 11 is 0. The van der Waals surface area contributed by atoms with E-state index in [1.54, 1.807) is 12.1 Å². The van der Waals surface area contributed by atoms with Crippen LogP contribution < -0.4 is 5.32 Å². The first kappa shape index (κ1) is 12.5. The molecular weight excluding hydrogens is 250 g/mol. The zero-order valence-corrected chi connectivity index (χ0v) is 11.1. The monoisotopic (exact) mass is 264 g/mol. The fourth-order valence-electron chi connectivity index (χ4n) is 2.50. The van der Waals surface area contributed by atoms with Crippen LogP contribution in [-0.4, -0.2) is 12.5 Å². The molecule has 1 amide bonds. The summed E-state index contributed by atoms with van der Waals surface area (Å²) < 4.78 is 0. The van der Waals surface area contributed by atoms with Gasteiger partial charge >= 0.3 is 0 Å². The molecule has 0 aliphatic heterocycles. The average molecular weight is 264 g/mol. The highest BCUT2D eigenvalue weighted by Crippen LogP contribution is 2.33. The zero-order valence-electron chi connectivity index (χ0n) is 11.1. The molecule has 0 saturated heterocycles. The van der Waals surface area contributed by atoms with Crippen molar-refractivity contribution in [2.45, 2.75) is 6.92 Å². The van der Waals surface area contributed by atoms with E-state index in [1.807, 2.05) is 43.3 Å². The molecule has 3 heteroatoms. The summed E-state index contributed by atoms with van der Waals surface area (Å²) in [4.78, 5) is 11.9. The van der Waals surface area contributed by atoms with E-state index in [-0.39, 0.29) is 17.2 Å². The van der Waals surface area contributed by atoms with Crippen LogP contribution in [0, 0.1) is 0 Å². The molecule has 0 spiro atoms. The van der Waals surface area contributed by atoms with Crippen molar-refractivity contribution in [1.29, 1.82) is 0 Å². The van der Waals surface area contributed by atoms with Gasteiger partial charge in [0.05, 0.1) is 5.56 Å². The molecule has 0 bridgehead atoms. The average Bonchev–Trinajstić information content (AvgIpc) is 2.47. The van der Waals surface area contributed by atoms with Gasteiger partial charge in [0, 0.05) is 11.9 Å². The standard InChI is InChI=1S/C17H14NO2/c1-2-18-17(20)15-10-9-13-12-6-4-3-5-11(12)7-8-14(13)16(15)19/h3-10H,2H2,1H3,(H,18,20). The van der Waals surface area contributed by atoms with Crippen LogP contribution in [0.2, 0.25) is 0 Å². The smallest absolute Gasteiger partial charge is 0.255 e. The Balaban J connectivity index is 2.28. The predicted octanol–water partition coefficient (Wildman–Crippen LogP) is 3.89. The van der Waals surface area contributed by atoms with Crippen molar-refractivity contribution in [2.24, 2.45) is 0 Å². The molecular formula is C17H14NO2. The van der Waals surface area contributed by atoms with Crippen molar-refractivity contribution in [3.8, 4) is 5.75 Å². The summed E-state index contributed by atoms with van der Waals surface area (Å²) in [5, 5.41) is 18.7. The first-order valence-corrected chi connectivity index (χ1v) is 6.62. The Kier molecular flexibility index (Phi) is 3.03. The third-order valence-electron chi connectivity index (χ3n) is 3.46. The van der Waals surface area contributed by atoms with Crippen LogP contribution in [-0.2, 0) is 5.11 Å². The van der Waals surface area contributed by atoms with Crippen LogP contribution in [0.15, 0.2) is 48.5 Å². The van der Waals surface area contributed by atoms with Gasteiger partial charge in [-0.05, 0) is 35.2 Å². The molecule has 0 unspecified atom stereocenters. The Hall–Kier alpha value is -2.55. The van der Waals surface area contributed by atoms with E-state index in [4.69, 9.17) is 0 Å². The van der Waals surface area contributed by atoms with Gasteiger partial charge in [0.25, 0.3) is 5.91 Å². The molecule has 20 heavy (non-hydrogen) atoms. The van der Waals surface area contributed by atoms with Crippen molar-refractivity contribution in [3.05, 3.63) is 54.1 Å². The van der Waals surface area contributed by atoms with Crippen molar-refractivity contribution in [3.63, 3.8) is 0 Å². The minimum atomic E-state index is -0.312. The van der Waals surface area contributed by atoms with Crippen LogP contribution >= 0.6 is 0 Å². The number of amides is 1. The highest BCUT2D eigenvalue weighted by molar-refractivity contribution is 6.12. The normalized spacial score (nSPS) is 10.8. The highest BCUT2D eigenvalue weighted by Gasteiger charge is 2.15. The minimum Gasteiger partial charge on any atom is -0.352 e. The summed E-state index contributed by atoms with van der Waals surface area (Å²) in [5.74, 6) is -0.522. The van der Waals surface area contributed by atoms with Crippen molar-refractivity contribution >= 4 is 27.5 Å². The quantitative estimate of drug-likeness (QED) is 0.701. The molecule has 99 valence electrons. The van der Waals surface area contributed by atoms with E-state index in [9.17, 15) is 9.90 Å². The van der Waals surface area contributed by atoms with E-state index in [0.29, 0.717) is 11.9 Å². The van der Waals surface area contributed by atoms with Crippen LogP contribution in [0.25, 0.3) is 21.5 Å².